The molecule has 3 heteroatoms. The van der Waals surface area contributed by atoms with Crippen molar-refractivity contribution >= 4 is 11.6 Å². The molecule has 0 bridgehead atoms. The molecule has 0 aliphatic heterocycles. The second-order valence-corrected chi connectivity index (χ2v) is 7.11. The smallest absolute Gasteiger partial charge is 0.0630 e. The summed E-state index contributed by atoms with van der Waals surface area (Å²) in [6, 6.07) is 2.85. The highest BCUT2D eigenvalue weighted by Crippen LogP contribution is 2.34. The zero-order valence-electron chi connectivity index (χ0n) is 13.8. The summed E-state index contributed by atoms with van der Waals surface area (Å²) in [6.45, 7) is 4.53. The van der Waals surface area contributed by atoms with Crippen molar-refractivity contribution in [2.75, 3.05) is 5.88 Å². The van der Waals surface area contributed by atoms with E-state index in [0.717, 1.165) is 18.7 Å². The van der Waals surface area contributed by atoms with Crippen LogP contribution in [-0.4, -0.2) is 15.7 Å². The highest BCUT2D eigenvalue weighted by Gasteiger charge is 2.28. The first-order valence-electron chi connectivity index (χ1n) is 8.83. The lowest BCUT2D eigenvalue weighted by molar-refractivity contribution is 0.272. The first-order chi connectivity index (χ1) is 10.2. The molecular weight excluding hydrogens is 280 g/mol. The maximum absolute atomic E-state index is 6.33. The molecule has 120 valence electrons. The molecule has 1 aromatic rings. The Kier molecular flexibility index (Phi) is 6.60. The predicted octanol–water partition coefficient (Wildman–Crippen LogP) is 5.76. The van der Waals surface area contributed by atoms with E-state index in [1.165, 1.54) is 57.1 Å². The summed E-state index contributed by atoms with van der Waals surface area (Å²) in [6.07, 6.45) is 14.8. The van der Waals surface area contributed by atoms with Crippen LogP contribution in [0.3, 0.4) is 0 Å². The lowest BCUT2D eigenvalue weighted by Gasteiger charge is -2.30. The molecule has 2 rings (SSSR count). The van der Waals surface area contributed by atoms with Gasteiger partial charge < -0.3 is 0 Å². The molecule has 0 amide bonds. The van der Waals surface area contributed by atoms with Crippen molar-refractivity contribution in [3.8, 4) is 0 Å². The Balaban J connectivity index is 2.01. The number of rotatable bonds is 8. The van der Waals surface area contributed by atoms with Crippen LogP contribution in [0.5, 0.6) is 0 Å². The van der Waals surface area contributed by atoms with Gasteiger partial charge >= 0.3 is 0 Å². The van der Waals surface area contributed by atoms with Gasteiger partial charge in [0.2, 0.25) is 0 Å². The first kappa shape index (κ1) is 16.9. The van der Waals surface area contributed by atoms with Crippen molar-refractivity contribution in [3.63, 3.8) is 0 Å². The van der Waals surface area contributed by atoms with Crippen LogP contribution in [-0.2, 0) is 6.42 Å². The molecule has 1 atom stereocenters. The van der Waals surface area contributed by atoms with Crippen molar-refractivity contribution in [2.45, 2.75) is 84.1 Å². The quantitative estimate of drug-likeness (QED) is 0.558. The van der Waals surface area contributed by atoms with Gasteiger partial charge in [-0.1, -0.05) is 46.0 Å². The van der Waals surface area contributed by atoms with Gasteiger partial charge in [0, 0.05) is 12.1 Å². The molecule has 2 nitrogen and oxygen atoms in total. The monoisotopic (exact) mass is 310 g/mol. The van der Waals surface area contributed by atoms with Crippen LogP contribution in [0.2, 0.25) is 0 Å². The fraction of sp³-hybridized carbons (Fsp3) is 0.833. The van der Waals surface area contributed by atoms with Gasteiger partial charge in [-0.05, 0) is 43.6 Å². The molecule has 1 aliphatic carbocycles. The van der Waals surface area contributed by atoms with E-state index in [-0.39, 0.29) is 5.41 Å². The number of hydrogen-bond acceptors (Lipinski definition) is 1. The summed E-state index contributed by atoms with van der Waals surface area (Å²) in [4.78, 5) is 0. The van der Waals surface area contributed by atoms with E-state index in [0.29, 0.717) is 6.04 Å². The Bertz CT molecular complexity index is 403. The Morgan fingerprint density at radius 1 is 1.29 bits per heavy atom. The number of halogens is 1. The minimum atomic E-state index is 0.239. The largest absolute Gasteiger partial charge is 0.269 e. The number of alkyl halides is 1. The van der Waals surface area contributed by atoms with Gasteiger partial charge in [-0.3, -0.25) is 4.68 Å². The molecule has 1 unspecified atom stereocenters. The molecule has 0 radical (unpaired) electrons. The second-order valence-electron chi connectivity index (χ2n) is 6.85. The van der Waals surface area contributed by atoms with E-state index in [9.17, 15) is 0 Å². The third-order valence-corrected chi connectivity index (χ3v) is 5.83. The lowest BCUT2D eigenvalue weighted by atomic mass is 9.78. The third kappa shape index (κ3) is 4.48. The van der Waals surface area contributed by atoms with E-state index in [1.54, 1.807) is 0 Å². The van der Waals surface area contributed by atoms with Crippen molar-refractivity contribution in [1.29, 1.82) is 0 Å². The minimum absolute atomic E-state index is 0.239. The topological polar surface area (TPSA) is 17.8 Å². The maximum Gasteiger partial charge on any atom is 0.0630 e. The van der Waals surface area contributed by atoms with E-state index < -0.39 is 0 Å². The highest BCUT2D eigenvalue weighted by atomic mass is 35.5. The molecule has 1 heterocycles. The average Bonchev–Trinajstić information content (AvgIpc) is 3.01. The molecule has 0 spiro atoms. The van der Waals surface area contributed by atoms with Gasteiger partial charge in [-0.15, -0.1) is 11.6 Å². The number of aromatic nitrogens is 2. The molecule has 1 aromatic heterocycles. The third-order valence-electron chi connectivity index (χ3n) is 5.26. The van der Waals surface area contributed by atoms with Gasteiger partial charge in [0.1, 0.15) is 0 Å². The van der Waals surface area contributed by atoms with Crippen LogP contribution in [0.25, 0.3) is 0 Å². The summed E-state index contributed by atoms with van der Waals surface area (Å²) >= 11 is 6.33. The molecule has 1 aliphatic rings. The summed E-state index contributed by atoms with van der Waals surface area (Å²) in [5.74, 6) is 0.750. The van der Waals surface area contributed by atoms with Crippen LogP contribution in [0.1, 0.15) is 83.4 Å². The van der Waals surface area contributed by atoms with Crippen LogP contribution in [0, 0.1) is 5.41 Å². The number of hydrogen-bond donors (Lipinski definition) is 0. The first-order valence-corrected chi connectivity index (χ1v) is 9.36. The average molecular weight is 311 g/mol. The molecule has 0 saturated heterocycles. The fourth-order valence-electron chi connectivity index (χ4n) is 3.56. The number of nitrogens with zero attached hydrogens (tertiary/aromatic N) is 2. The van der Waals surface area contributed by atoms with Gasteiger partial charge in [-0.2, -0.15) is 5.10 Å². The normalized spacial score (nSPS) is 19.6. The van der Waals surface area contributed by atoms with Crippen LogP contribution >= 0.6 is 11.6 Å². The second kappa shape index (κ2) is 8.22. The van der Waals surface area contributed by atoms with Crippen molar-refractivity contribution in [1.82, 2.24) is 9.78 Å². The SMILES string of the molecule is CCCCC(CC)(CCl)Cc1ccn(C2CCCCC2)n1. The van der Waals surface area contributed by atoms with Crippen LogP contribution in [0.15, 0.2) is 12.3 Å². The van der Waals surface area contributed by atoms with E-state index in [2.05, 4.69) is 30.8 Å². The lowest BCUT2D eigenvalue weighted by Crippen LogP contribution is -2.25. The minimum Gasteiger partial charge on any atom is -0.269 e. The zero-order valence-corrected chi connectivity index (χ0v) is 14.5. The van der Waals surface area contributed by atoms with Gasteiger partial charge in [0.15, 0.2) is 0 Å². The zero-order chi connectivity index (χ0) is 15.1. The standard InChI is InChI=1S/C18H31ClN2/c1-3-5-12-18(4-2,15-19)14-16-11-13-21(20-16)17-9-7-6-8-10-17/h11,13,17H,3-10,12,14-15H2,1-2H3. The van der Waals surface area contributed by atoms with Crippen molar-refractivity contribution in [3.05, 3.63) is 18.0 Å². The highest BCUT2D eigenvalue weighted by molar-refractivity contribution is 6.18. The maximum atomic E-state index is 6.33. The van der Waals surface area contributed by atoms with Gasteiger partial charge in [-0.25, -0.2) is 0 Å². The summed E-state index contributed by atoms with van der Waals surface area (Å²) < 4.78 is 2.23. The molecular formula is C18H31ClN2. The van der Waals surface area contributed by atoms with Gasteiger partial charge in [0.05, 0.1) is 11.7 Å². The Labute approximate surface area is 135 Å². The number of unbranched alkanes of at least 4 members (excludes halogenated alkanes) is 1. The van der Waals surface area contributed by atoms with Gasteiger partial charge in [0.25, 0.3) is 0 Å². The summed E-state index contributed by atoms with van der Waals surface area (Å²) in [7, 11) is 0. The van der Waals surface area contributed by atoms with E-state index >= 15 is 0 Å². The van der Waals surface area contributed by atoms with Crippen LogP contribution in [0.4, 0.5) is 0 Å². The Morgan fingerprint density at radius 2 is 2.05 bits per heavy atom. The van der Waals surface area contributed by atoms with E-state index in [1.807, 2.05) is 0 Å². The van der Waals surface area contributed by atoms with E-state index in [4.69, 9.17) is 16.7 Å². The molecule has 1 fully saturated rings. The summed E-state index contributed by atoms with van der Waals surface area (Å²) in [5, 5.41) is 4.88. The molecule has 21 heavy (non-hydrogen) atoms. The molecule has 0 N–H and O–H groups in total. The fourth-order valence-corrected chi connectivity index (χ4v) is 3.97. The molecule has 0 aromatic carbocycles. The Hall–Kier alpha value is -0.500. The predicted molar refractivity (Wildman–Crippen MR) is 91.0 cm³/mol. The van der Waals surface area contributed by atoms with Crippen molar-refractivity contribution < 1.29 is 0 Å². The van der Waals surface area contributed by atoms with Crippen LogP contribution < -0.4 is 0 Å². The molecule has 1 saturated carbocycles. The summed E-state index contributed by atoms with van der Waals surface area (Å²) in [5.41, 5.74) is 1.47. The Morgan fingerprint density at radius 3 is 2.67 bits per heavy atom. The van der Waals surface area contributed by atoms with Crippen molar-refractivity contribution in [2.24, 2.45) is 5.41 Å².